The van der Waals surface area contributed by atoms with E-state index in [1.54, 1.807) is 43.5 Å². The van der Waals surface area contributed by atoms with Crippen LogP contribution < -0.4 is 25.4 Å². The van der Waals surface area contributed by atoms with Crippen molar-refractivity contribution in [3.8, 4) is 17.2 Å². The van der Waals surface area contributed by atoms with Crippen LogP contribution in [-0.4, -0.2) is 31.0 Å². The molecular formula is C19H19N3O5. The maximum Gasteiger partial charge on any atom is 0.322 e. The van der Waals surface area contributed by atoms with Gasteiger partial charge in [-0.3, -0.25) is 14.9 Å². The number of carbonyl (C=O) groups excluding carboxylic acids is 3. The number of para-hydroxylation sites is 2. The van der Waals surface area contributed by atoms with E-state index in [1.165, 1.54) is 0 Å². The van der Waals surface area contributed by atoms with Crippen molar-refractivity contribution in [2.45, 2.75) is 18.9 Å². The molecule has 0 radical (unpaired) electrons. The zero-order chi connectivity index (χ0) is 19.2. The first-order chi connectivity index (χ1) is 13.0. The number of carbonyl (C=O) groups is 3. The van der Waals surface area contributed by atoms with Gasteiger partial charge in [0.15, 0.2) is 11.5 Å². The first kappa shape index (κ1) is 18.2. The maximum absolute atomic E-state index is 12.0. The molecule has 8 nitrogen and oxygen atoms in total. The fraction of sp³-hybridized carbons (Fsp3) is 0.211. The molecule has 2 aromatic carbocycles. The van der Waals surface area contributed by atoms with E-state index in [9.17, 15) is 14.4 Å². The Morgan fingerprint density at radius 1 is 1.07 bits per heavy atom. The predicted octanol–water partition coefficient (Wildman–Crippen LogP) is 2.41. The van der Waals surface area contributed by atoms with Crippen LogP contribution in [0.15, 0.2) is 48.5 Å². The molecule has 0 saturated carbocycles. The van der Waals surface area contributed by atoms with Crippen molar-refractivity contribution < 1.29 is 23.9 Å². The minimum atomic E-state index is -0.667. The van der Waals surface area contributed by atoms with E-state index >= 15 is 0 Å². The Balaban J connectivity index is 1.52. The first-order valence-corrected chi connectivity index (χ1v) is 8.37. The fourth-order valence-electron chi connectivity index (χ4n) is 2.60. The molecule has 1 aliphatic rings. The SMILES string of the molecule is COc1ccccc1Oc1ccc(NC(=O)CC[C@H]2NC(=O)NC2=O)cc1. The molecule has 27 heavy (non-hydrogen) atoms. The predicted molar refractivity (Wildman–Crippen MR) is 97.8 cm³/mol. The fourth-order valence-corrected chi connectivity index (χ4v) is 2.60. The first-order valence-electron chi connectivity index (χ1n) is 8.37. The summed E-state index contributed by atoms with van der Waals surface area (Å²) in [5.74, 6) is 1.16. The number of nitrogens with one attached hydrogen (secondary N) is 3. The molecule has 1 saturated heterocycles. The van der Waals surface area contributed by atoms with Crippen molar-refractivity contribution >= 4 is 23.5 Å². The van der Waals surface area contributed by atoms with Crippen LogP contribution in [0.4, 0.5) is 10.5 Å². The molecule has 1 fully saturated rings. The second-order valence-electron chi connectivity index (χ2n) is 5.88. The Kier molecular flexibility index (Phi) is 5.55. The maximum atomic E-state index is 12.0. The third-order valence-electron chi connectivity index (χ3n) is 3.95. The van der Waals surface area contributed by atoms with Gasteiger partial charge in [-0.1, -0.05) is 12.1 Å². The van der Waals surface area contributed by atoms with E-state index in [4.69, 9.17) is 9.47 Å². The molecule has 4 amide bonds. The van der Waals surface area contributed by atoms with E-state index in [0.717, 1.165) is 0 Å². The van der Waals surface area contributed by atoms with Gasteiger partial charge < -0.3 is 20.1 Å². The van der Waals surface area contributed by atoms with Crippen LogP contribution in [0.5, 0.6) is 17.2 Å². The van der Waals surface area contributed by atoms with E-state index < -0.39 is 18.0 Å². The Morgan fingerprint density at radius 3 is 2.41 bits per heavy atom. The molecule has 0 spiro atoms. The number of urea groups is 1. The summed E-state index contributed by atoms with van der Waals surface area (Å²) in [7, 11) is 1.57. The molecule has 1 aliphatic heterocycles. The van der Waals surface area contributed by atoms with Crippen LogP contribution in [0.2, 0.25) is 0 Å². The van der Waals surface area contributed by atoms with Gasteiger partial charge in [-0.2, -0.15) is 0 Å². The quantitative estimate of drug-likeness (QED) is 0.650. The summed E-state index contributed by atoms with van der Waals surface area (Å²) >= 11 is 0. The lowest BCUT2D eigenvalue weighted by Gasteiger charge is -2.11. The van der Waals surface area contributed by atoms with Crippen molar-refractivity contribution in [1.29, 1.82) is 0 Å². The summed E-state index contributed by atoms with van der Waals surface area (Å²) < 4.78 is 11.0. The van der Waals surface area contributed by atoms with Gasteiger partial charge in [0.2, 0.25) is 5.91 Å². The summed E-state index contributed by atoms with van der Waals surface area (Å²) in [6, 6.07) is 13.0. The zero-order valence-electron chi connectivity index (χ0n) is 14.7. The van der Waals surface area contributed by atoms with Gasteiger partial charge in [0.1, 0.15) is 11.8 Å². The lowest BCUT2D eigenvalue weighted by molar-refractivity contribution is -0.120. The van der Waals surface area contributed by atoms with E-state index in [0.29, 0.717) is 22.9 Å². The molecule has 0 aliphatic carbocycles. The van der Waals surface area contributed by atoms with Crippen molar-refractivity contribution in [3.63, 3.8) is 0 Å². The largest absolute Gasteiger partial charge is 0.493 e. The van der Waals surface area contributed by atoms with Crippen molar-refractivity contribution in [3.05, 3.63) is 48.5 Å². The average molecular weight is 369 g/mol. The molecule has 0 unspecified atom stereocenters. The third kappa shape index (κ3) is 4.75. The smallest absolute Gasteiger partial charge is 0.322 e. The third-order valence-corrected chi connectivity index (χ3v) is 3.95. The average Bonchev–Trinajstić information content (AvgIpc) is 2.99. The molecule has 2 aromatic rings. The molecular weight excluding hydrogens is 350 g/mol. The molecule has 0 aromatic heterocycles. The summed E-state index contributed by atoms with van der Waals surface area (Å²) in [5.41, 5.74) is 0.604. The van der Waals surface area contributed by atoms with Gasteiger partial charge in [-0.15, -0.1) is 0 Å². The van der Waals surface area contributed by atoms with Crippen LogP contribution in [-0.2, 0) is 9.59 Å². The number of amides is 4. The number of hydrogen-bond acceptors (Lipinski definition) is 5. The Hall–Kier alpha value is -3.55. The molecule has 1 atom stereocenters. The van der Waals surface area contributed by atoms with Crippen LogP contribution >= 0.6 is 0 Å². The van der Waals surface area contributed by atoms with E-state index in [-0.39, 0.29) is 18.7 Å². The topological polar surface area (TPSA) is 106 Å². The van der Waals surface area contributed by atoms with Gasteiger partial charge in [0, 0.05) is 12.1 Å². The normalized spacial score (nSPS) is 15.7. The number of rotatable bonds is 7. The highest BCUT2D eigenvalue weighted by Gasteiger charge is 2.29. The monoisotopic (exact) mass is 369 g/mol. The van der Waals surface area contributed by atoms with Crippen LogP contribution in [0, 0.1) is 0 Å². The van der Waals surface area contributed by atoms with Gasteiger partial charge >= 0.3 is 6.03 Å². The van der Waals surface area contributed by atoms with Crippen molar-refractivity contribution in [1.82, 2.24) is 10.6 Å². The van der Waals surface area contributed by atoms with Crippen molar-refractivity contribution in [2.24, 2.45) is 0 Å². The molecule has 1 heterocycles. The number of hydrogen-bond donors (Lipinski definition) is 3. The Labute approximate surface area is 155 Å². The number of imide groups is 1. The van der Waals surface area contributed by atoms with Crippen LogP contribution in [0.25, 0.3) is 0 Å². The second kappa shape index (κ2) is 8.22. The Morgan fingerprint density at radius 2 is 1.78 bits per heavy atom. The highest BCUT2D eigenvalue weighted by molar-refractivity contribution is 6.04. The minimum absolute atomic E-state index is 0.109. The van der Waals surface area contributed by atoms with Gasteiger partial charge in [0.05, 0.1) is 7.11 Å². The second-order valence-corrected chi connectivity index (χ2v) is 5.88. The summed E-state index contributed by atoms with van der Waals surface area (Å²) in [4.78, 5) is 34.5. The summed E-state index contributed by atoms with van der Waals surface area (Å²) in [5, 5.41) is 7.33. The highest BCUT2D eigenvalue weighted by atomic mass is 16.5. The van der Waals surface area contributed by atoms with Gasteiger partial charge in [0.25, 0.3) is 5.91 Å². The van der Waals surface area contributed by atoms with E-state index in [2.05, 4.69) is 16.0 Å². The van der Waals surface area contributed by atoms with Crippen LogP contribution in [0.1, 0.15) is 12.8 Å². The molecule has 3 N–H and O–H groups in total. The van der Waals surface area contributed by atoms with Gasteiger partial charge in [-0.05, 0) is 42.8 Å². The number of benzene rings is 2. The summed E-state index contributed by atoms with van der Waals surface area (Å²) in [6.45, 7) is 0. The molecule has 3 rings (SSSR count). The number of ether oxygens (including phenoxy) is 2. The Bertz CT molecular complexity index is 851. The number of anilines is 1. The van der Waals surface area contributed by atoms with Crippen molar-refractivity contribution in [2.75, 3.05) is 12.4 Å². The van der Waals surface area contributed by atoms with E-state index in [1.807, 2.05) is 12.1 Å². The summed E-state index contributed by atoms with van der Waals surface area (Å²) in [6.07, 6.45) is 0.343. The standard InChI is InChI=1S/C19H19N3O5/c1-26-15-4-2-3-5-16(15)27-13-8-6-12(7-9-13)20-17(23)11-10-14-18(24)22-19(25)21-14/h2-9,14H,10-11H2,1H3,(H,20,23)(H2,21,22,24,25)/t14-/m1/s1. The number of methoxy groups -OCH3 is 1. The molecule has 8 heteroatoms. The lowest BCUT2D eigenvalue weighted by atomic mass is 10.1. The minimum Gasteiger partial charge on any atom is -0.493 e. The van der Waals surface area contributed by atoms with Gasteiger partial charge in [-0.25, -0.2) is 4.79 Å². The molecule has 0 bridgehead atoms. The zero-order valence-corrected chi connectivity index (χ0v) is 14.7. The highest BCUT2D eigenvalue weighted by Crippen LogP contribution is 2.31. The molecule has 140 valence electrons. The lowest BCUT2D eigenvalue weighted by Crippen LogP contribution is -2.30. The van der Waals surface area contributed by atoms with Crippen LogP contribution in [0.3, 0.4) is 0 Å².